The number of hydrogen-bond donors (Lipinski definition) is 2. The summed E-state index contributed by atoms with van der Waals surface area (Å²) in [7, 11) is 1.64. The lowest BCUT2D eigenvalue weighted by Gasteiger charge is -2.36. The molecule has 1 saturated carbocycles. The Morgan fingerprint density at radius 3 is 2.54 bits per heavy atom. The number of methoxy groups -OCH3 is 1. The van der Waals surface area contributed by atoms with Crippen LogP contribution in [0.4, 0.5) is 10.5 Å². The van der Waals surface area contributed by atoms with Crippen LogP contribution in [0.25, 0.3) is 0 Å². The molecule has 0 bridgehead atoms. The van der Waals surface area contributed by atoms with Crippen LogP contribution in [0.1, 0.15) is 18.4 Å². The summed E-state index contributed by atoms with van der Waals surface area (Å²) < 4.78 is 12.4. The molecule has 2 aromatic rings. The monoisotopic (exact) mass is 482 g/mol. The quantitative estimate of drug-likeness (QED) is 0.600. The Kier molecular flexibility index (Phi) is 6.43. The maximum absolute atomic E-state index is 11.9. The maximum atomic E-state index is 11.9. The Morgan fingerprint density at radius 2 is 1.85 bits per heavy atom. The van der Waals surface area contributed by atoms with Gasteiger partial charge in [-0.1, -0.05) is 30.3 Å². The zero-order valence-electron chi connectivity index (χ0n) is 14.3. The van der Waals surface area contributed by atoms with E-state index in [0.29, 0.717) is 6.04 Å². The number of rotatable bonds is 6. The van der Waals surface area contributed by atoms with E-state index in [-0.39, 0.29) is 18.7 Å². The minimum atomic E-state index is -0.371. The van der Waals surface area contributed by atoms with E-state index in [4.69, 9.17) is 9.47 Å². The number of benzene rings is 2. The lowest BCUT2D eigenvalue weighted by molar-refractivity contribution is 0.129. The van der Waals surface area contributed by atoms with Crippen LogP contribution in [-0.2, 0) is 11.3 Å². The smallest absolute Gasteiger partial charge is 0.407 e. The minimum absolute atomic E-state index is 0.131. The molecule has 26 heavy (non-hydrogen) atoms. The molecule has 0 spiro atoms. The molecule has 0 saturated heterocycles. The second kappa shape index (κ2) is 8.77. The first-order valence-corrected chi connectivity index (χ1v) is 9.90. The van der Waals surface area contributed by atoms with Crippen molar-refractivity contribution >= 4 is 43.6 Å². The van der Waals surface area contributed by atoms with Crippen molar-refractivity contribution in [1.82, 2.24) is 5.32 Å². The van der Waals surface area contributed by atoms with Crippen molar-refractivity contribution in [3.63, 3.8) is 0 Å². The second-order valence-electron chi connectivity index (χ2n) is 6.18. The molecule has 2 N–H and O–H groups in total. The highest BCUT2D eigenvalue weighted by Gasteiger charge is 2.31. The van der Waals surface area contributed by atoms with Gasteiger partial charge in [-0.3, -0.25) is 0 Å². The molecule has 0 aromatic heterocycles. The van der Waals surface area contributed by atoms with Crippen LogP contribution in [0.2, 0.25) is 0 Å². The molecule has 1 aliphatic carbocycles. The van der Waals surface area contributed by atoms with Crippen molar-refractivity contribution in [2.24, 2.45) is 0 Å². The first-order chi connectivity index (χ1) is 12.5. The summed E-state index contributed by atoms with van der Waals surface area (Å²) in [4.78, 5) is 11.9. The maximum Gasteiger partial charge on any atom is 0.407 e. The first-order valence-electron chi connectivity index (χ1n) is 8.32. The third-order valence-electron chi connectivity index (χ3n) is 4.27. The van der Waals surface area contributed by atoms with Gasteiger partial charge in [0, 0.05) is 22.6 Å². The normalized spacial score (nSPS) is 18.6. The van der Waals surface area contributed by atoms with E-state index < -0.39 is 0 Å². The molecule has 7 heteroatoms. The van der Waals surface area contributed by atoms with Crippen molar-refractivity contribution in [3.8, 4) is 5.75 Å². The second-order valence-corrected chi connectivity index (χ2v) is 7.89. The number of halogens is 2. The van der Waals surface area contributed by atoms with Crippen LogP contribution < -0.4 is 15.4 Å². The highest BCUT2D eigenvalue weighted by molar-refractivity contribution is 9.11. The van der Waals surface area contributed by atoms with Crippen LogP contribution in [0.3, 0.4) is 0 Å². The standard InChI is InChI=1S/C19H20Br2N2O3/c1-25-18-10-17(15(20)9-16(18)21)22-13-7-14(8-13)23-19(24)26-11-12-5-3-2-4-6-12/h2-6,9-10,13-14,22H,7-8,11H2,1H3,(H,23,24). The molecular weight excluding hydrogens is 464 g/mol. The molecule has 138 valence electrons. The van der Waals surface area contributed by atoms with Crippen molar-refractivity contribution in [2.75, 3.05) is 12.4 Å². The minimum Gasteiger partial charge on any atom is -0.495 e. The Bertz CT molecular complexity index is 765. The fourth-order valence-corrected chi connectivity index (χ4v) is 4.07. The predicted molar refractivity (Wildman–Crippen MR) is 109 cm³/mol. The predicted octanol–water partition coefficient (Wildman–Crippen LogP) is 5.09. The number of anilines is 1. The van der Waals surface area contributed by atoms with Crippen molar-refractivity contribution in [3.05, 3.63) is 57.0 Å². The van der Waals surface area contributed by atoms with E-state index in [0.717, 1.165) is 38.8 Å². The van der Waals surface area contributed by atoms with E-state index in [1.54, 1.807) is 7.11 Å². The molecule has 1 fully saturated rings. The van der Waals surface area contributed by atoms with Crippen LogP contribution >= 0.6 is 31.9 Å². The van der Waals surface area contributed by atoms with Crippen molar-refractivity contribution < 1.29 is 14.3 Å². The third kappa shape index (κ3) is 4.92. The fraction of sp³-hybridized carbons (Fsp3) is 0.316. The van der Waals surface area contributed by atoms with Gasteiger partial charge in [0.05, 0.1) is 17.3 Å². The fourth-order valence-electron chi connectivity index (χ4n) is 2.80. The van der Waals surface area contributed by atoms with E-state index >= 15 is 0 Å². The molecule has 0 radical (unpaired) electrons. The molecule has 3 rings (SSSR count). The van der Waals surface area contributed by atoms with Gasteiger partial charge >= 0.3 is 6.09 Å². The molecule has 0 atom stereocenters. The molecule has 1 amide bonds. The summed E-state index contributed by atoms with van der Waals surface area (Å²) in [6, 6.07) is 14.0. The Hall–Kier alpha value is -1.73. The largest absolute Gasteiger partial charge is 0.495 e. The lowest BCUT2D eigenvalue weighted by Crippen LogP contribution is -2.49. The van der Waals surface area contributed by atoms with E-state index in [1.807, 2.05) is 42.5 Å². The average molecular weight is 484 g/mol. The first kappa shape index (κ1) is 19.0. The third-order valence-corrected chi connectivity index (χ3v) is 5.55. The summed E-state index contributed by atoms with van der Waals surface area (Å²) in [6.07, 6.45) is 1.33. The molecule has 1 aliphatic rings. The van der Waals surface area contributed by atoms with Gasteiger partial charge in [-0.2, -0.15) is 0 Å². The molecule has 0 unspecified atom stereocenters. The van der Waals surface area contributed by atoms with Gasteiger partial charge in [-0.15, -0.1) is 0 Å². The average Bonchev–Trinajstić information content (AvgIpc) is 2.61. The van der Waals surface area contributed by atoms with Crippen molar-refractivity contribution in [2.45, 2.75) is 31.5 Å². The molecule has 5 nitrogen and oxygen atoms in total. The van der Waals surface area contributed by atoms with E-state index in [9.17, 15) is 4.79 Å². The van der Waals surface area contributed by atoms with Gasteiger partial charge in [0.1, 0.15) is 12.4 Å². The summed E-state index contributed by atoms with van der Waals surface area (Å²) >= 11 is 7.02. The number of carbonyl (C=O) groups is 1. The number of nitrogens with one attached hydrogen (secondary N) is 2. The van der Waals surface area contributed by atoms with Gasteiger partial charge in [0.2, 0.25) is 0 Å². The summed E-state index contributed by atoms with van der Waals surface area (Å²) in [5, 5.41) is 6.37. The summed E-state index contributed by atoms with van der Waals surface area (Å²) in [5.74, 6) is 0.772. The topological polar surface area (TPSA) is 59.6 Å². The van der Waals surface area contributed by atoms with Crippen LogP contribution in [0.5, 0.6) is 5.75 Å². The number of hydrogen-bond acceptors (Lipinski definition) is 4. The zero-order valence-corrected chi connectivity index (χ0v) is 17.5. The Balaban J connectivity index is 1.42. The van der Waals surface area contributed by atoms with Crippen LogP contribution in [-0.4, -0.2) is 25.3 Å². The van der Waals surface area contributed by atoms with Crippen LogP contribution in [0, 0.1) is 0 Å². The number of amides is 1. The van der Waals surface area contributed by atoms with Gasteiger partial charge in [0.25, 0.3) is 0 Å². The van der Waals surface area contributed by atoms with Crippen LogP contribution in [0.15, 0.2) is 51.4 Å². The van der Waals surface area contributed by atoms with Gasteiger partial charge in [0.15, 0.2) is 0 Å². The Morgan fingerprint density at radius 1 is 1.12 bits per heavy atom. The molecular formula is C19H20Br2N2O3. The van der Waals surface area contributed by atoms with E-state index in [2.05, 4.69) is 42.5 Å². The molecule has 0 heterocycles. The highest BCUT2D eigenvalue weighted by Crippen LogP contribution is 2.36. The van der Waals surface area contributed by atoms with Crippen molar-refractivity contribution in [1.29, 1.82) is 0 Å². The van der Waals surface area contributed by atoms with Gasteiger partial charge in [-0.05, 0) is 56.3 Å². The Labute approximate surface area is 169 Å². The number of carbonyl (C=O) groups excluding carboxylic acids is 1. The molecule has 2 aromatic carbocycles. The summed E-state index contributed by atoms with van der Waals surface area (Å²) in [6.45, 7) is 0.284. The lowest BCUT2D eigenvalue weighted by atomic mass is 9.86. The van der Waals surface area contributed by atoms with Gasteiger partial charge in [-0.25, -0.2) is 4.79 Å². The summed E-state index contributed by atoms with van der Waals surface area (Å²) in [5.41, 5.74) is 1.95. The van der Waals surface area contributed by atoms with Gasteiger partial charge < -0.3 is 20.1 Å². The zero-order chi connectivity index (χ0) is 18.5. The number of alkyl carbamates (subject to hydrolysis) is 1. The number of ether oxygens (including phenoxy) is 2. The van der Waals surface area contributed by atoms with E-state index in [1.165, 1.54) is 0 Å². The highest BCUT2D eigenvalue weighted by atomic mass is 79.9. The molecule has 0 aliphatic heterocycles. The SMILES string of the molecule is COc1cc(NC2CC(NC(=O)OCc3ccccc3)C2)c(Br)cc1Br.